The number of fused-ring (bicyclic) bond motifs is 2. The van der Waals surface area contributed by atoms with Crippen LogP contribution in [0.15, 0.2) is 83.5 Å². The summed E-state index contributed by atoms with van der Waals surface area (Å²) >= 11 is 5.61. The molecule has 2 saturated heterocycles. The highest BCUT2D eigenvalue weighted by Crippen LogP contribution is 2.42. The Morgan fingerprint density at radius 2 is 1.68 bits per heavy atom. The number of allylic oxidation sites excluding steroid dienone is 5. The fourth-order valence-electron chi connectivity index (χ4n) is 5.88. The van der Waals surface area contributed by atoms with Crippen LogP contribution in [-0.2, 0) is 12.8 Å². The van der Waals surface area contributed by atoms with Gasteiger partial charge in [-0.05, 0) is 103 Å². The van der Waals surface area contributed by atoms with E-state index in [4.69, 9.17) is 16.3 Å². The van der Waals surface area contributed by atoms with Crippen molar-refractivity contribution in [2.24, 2.45) is 0 Å². The summed E-state index contributed by atoms with van der Waals surface area (Å²) in [5.74, 6) is 0.923. The smallest absolute Gasteiger partial charge is 0.252 e. The second-order valence-corrected chi connectivity index (χ2v) is 10.0. The third-order valence-corrected chi connectivity index (χ3v) is 7.92. The van der Waals surface area contributed by atoms with E-state index in [9.17, 15) is 4.79 Å². The van der Waals surface area contributed by atoms with Crippen LogP contribution in [0.4, 0.5) is 0 Å². The predicted octanol–water partition coefficient (Wildman–Crippen LogP) is 6.67. The van der Waals surface area contributed by atoms with Gasteiger partial charge >= 0.3 is 0 Å². The van der Waals surface area contributed by atoms with E-state index in [1.807, 2.05) is 24.3 Å². The number of hydrogen-bond donors (Lipinski definition) is 0. The van der Waals surface area contributed by atoms with E-state index in [0.29, 0.717) is 17.6 Å². The predicted molar refractivity (Wildman–Crippen MR) is 139 cm³/mol. The molecule has 2 unspecified atom stereocenters. The van der Waals surface area contributed by atoms with Gasteiger partial charge in [-0.15, -0.1) is 0 Å². The maximum atomic E-state index is 11.4. The van der Waals surface area contributed by atoms with Gasteiger partial charge in [-0.25, -0.2) is 0 Å². The van der Waals surface area contributed by atoms with Crippen LogP contribution in [0.3, 0.4) is 0 Å². The number of rotatable bonds is 7. The topological polar surface area (TPSA) is 29.5 Å². The van der Waals surface area contributed by atoms with Crippen molar-refractivity contribution in [1.29, 1.82) is 0 Å². The van der Waals surface area contributed by atoms with E-state index in [-0.39, 0.29) is 0 Å². The van der Waals surface area contributed by atoms with Crippen LogP contribution in [0.25, 0.3) is 0 Å². The van der Waals surface area contributed by atoms with Crippen molar-refractivity contribution in [2.75, 3.05) is 13.7 Å². The second kappa shape index (κ2) is 10.3. The molecule has 2 atom stereocenters. The van der Waals surface area contributed by atoms with Crippen molar-refractivity contribution in [1.82, 2.24) is 4.90 Å². The van der Waals surface area contributed by atoms with Gasteiger partial charge in [0.05, 0.1) is 7.11 Å². The van der Waals surface area contributed by atoms with Gasteiger partial charge in [-0.1, -0.05) is 48.1 Å². The lowest BCUT2D eigenvalue weighted by Crippen LogP contribution is -2.42. The minimum Gasteiger partial charge on any atom is -0.497 e. The van der Waals surface area contributed by atoms with Gasteiger partial charge in [0.25, 0.3) is 5.24 Å². The number of carbonyl (C=O) groups excluding carboxylic acids is 1. The van der Waals surface area contributed by atoms with Crippen molar-refractivity contribution < 1.29 is 9.53 Å². The number of halogens is 1. The molecule has 2 aromatic carbocycles. The van der Waals surface area contributed by atoms with E-state index < -0.39 is 5.24 Å². The molecule has 2 bridgehead atoms. The van der Waals surface area contributed by atoms with Gasteiger partial charge in [0.1, 0.15) is 5.75 Å². The molecule has 4 heteroatoms. The van der Waals surface area contributed by atoms with Crippen molar-refractivity contribution >= 4 is 16.8 Å². The third kappa shape index (κ3) is 5.06. The molecular weight excluding hydrogens is 442 g/mol. The molecule has 176 valence electrons. The quantitative estimate of drug-likeness (QED) is 0.420. The van der Waals surface area contributed by atoms with Gasteiger partial charge in [0.15, 0.2) is 0 Å². The first kappa shape index (κ1) is 23.1. The van der Waals surface area contributed by atoms with Gasteiger partial charge in [0, 0.05) is 24.2 Å². The minimum atomic E-state index is -0.400. The van der Waals surface area contributed by atoms with E-state index in [0.717, 1.165) is 31.6 Å². The summed E-state index contributed by atoms with van der Waals surface area (Å²) in [6.45, 7) is 1.14. The largest absolute Gasteiger partial charge is 0.497 e. The maximum absolute atomic E-state index is 11.4. The molecule has 0 amide bonds. The Morgan fingerprint density at radius 1 is 1.00 bits per heavy atom. The first-order valence-electron chi connectivity index (χ1n) is 12.3. The van der Waals surface area contributed by atoms with Crippen molar-refractivity contribution in [3.05, 3.63) is 100 Å². The molecule has 1 aliphatic carbocycles. The standard InChI is InChI=1S/C30H32ClNO2/c1-34-28-14-8-21(9-15-28)16-17-32-26-12-13-27(32)20-25(19-26)29-5-3-2-4-24(29)18-22-6-10-23(11-7-22)30(31)33/h2-4,6-11,14-15,26-27H,5,12-13,16-20H2,1H3. The average molecular weight is 474 g/mol. The number of piperidine rings is 1. The highest BCUT2D eigenvalue weighted by atomic mass is 35.5. The Labute approximate surface area is 207 Å². The van der Waals surface area contributed by atoms with Crippen molar-refractivity contribution in [2.45, 2.75) is 57.0 Å². The zero-order chi connectivity index (χ0) is 23.5. The fraction of sp³-hybridized carbons (Fsp3) is 0.367. The highest BCUT2D eigenvalue weighted by Gasteiger charge is 2.39. The Bertz CT molecular complexity index is 1110. The van der Waals surface area contributed by atoms with Crippen LogP contribution >= 0.6 is 11.6 Å². The highest BCUT2D eigenvalue weighted by molar-refractivity contribution is 6.67. The number of hydrogen-bond acceptors (Lipinski definition) is 3. The molecule has 2 aromatic rings. The third-order valence-electron chi connectivity index (χ3n) is 7.70. The lowest BCUT2D eigenvalue weighted by Gasteiger charge is -2.37. The fourth-order valence-corrected chi connectivity index (χ4v) is 6.01. The molecule has 34 heavy (non-hydrogen) atoms. The molecule has 0 saturated carbocycles. The first-order chi connectivity index (χ1) is 16.6. The second-order valence-electron chi connectivity index (χ2n) is 9.68. The summed E-state index contributed by atoms with van der Waals surface area (Å²) < 4.78 is 5.29. The molecule has 0 radical (unpaired) electrons. The summed E-state index contributed by atoms with van der Waals surface area (Å²) in [5, 5.41) is -0.400. The van der Waals surface area contributed by atoms with Crippen LogP contribution in [0.2, 0.25) is 0 Å². The zero-order valence-electron chi connectivity index (χ0n) is 19.8. The lowest BCUT2D eigenvalue weighted by molar-refractivity contribution is 0.108. The Morgan fingerprint density at radius 3 is 2.32 bits per heavy atom. The van der Waals surface area contributed by atoms with E-state index in [1.165, 1.54) is 42.4 Å². The molecule has 2 fully saturated rings. The van der Waals surface area contributed by atoms with Crippen LogP contribution < -0.4 is 4.74 Å². The normalized spacial score (nSPS) is 22.1. The number of benzene rings is 2. The summed E-state index contributed by atoms with van der Waals surface area (Å²) in [5.41, 5.74) is 7.80. The molecule has 2 heterocycles. The summed E-state index contributed by atoms with van der Waals surface area (Å²) in [4.78, 5) is 14.2. The van der Waals surface area contributed by atoms with E-state index in [2.05, 4.69) is 47.4 Å². The molecule has 0 aromatic heterocycles. The first-order valence-corrected chi connectivity index (χ1v) is 12.7. The SMILES string of the molecule is COc1ccc(CCN2C3CCC2CC(=C2CC=CC=C2Cc2ccc(C(=O)Cl)cc2)C3)cc1. The molecular formula is C30H32ClNO2. The van der Waals surface area contributed by atoms with Crippen LogP contribution in [0.1, 0.15) is 53.6 Å². The number of methoxy groups -OCH3 is 1. The summed E-state index contributed by atoms with van der Waals surface area (Å²) in [6, 6.07) is 17.6. The van der Waals surface area contributed by atoms with Crippen molar-refractivity contribution in [3.8, 4) is 5.75 Å². The van der Waals surface area contributed by atoms with Gasteiger partial charge in [-0.3, -0.25) is 9.69 Å². The number of ether oxygens (including phenoxy) is 1. The van der Waals surface area contributed by atoms with Crippen LogP contribution in [0.5, 0.6) is 5.75 Å². The van der Waals surface area contributed by atoms with Gasteiger partial charge < -0.3 is 4.74 Å². The summed E-state index contributed by atoms with van der Waals surface area (Å²) in [6.07, 6.45) is 14.8. The maximum Gasteiger partial charge on any atom is 0.252 e. The number of nitrogens with zero attached hydrogens (tertiary/aromatic N) is 1. The van der Waals surface area contributed by atoms with E-state index >= 15 is 0 Å². The molecule has 3 aliphatic rings. The Hall–Kier alpha value is -2.62. The molecule has 2 aliphatic heterocycles. The van der Waals surface area contributed by atoms with Gasteiger partial charge in [0.2, 0.25) is 0 Å². The Kier molecular flexibility index (Phi) is 7.03. The van der Waals surface area contributed by atoms with E-state index in [1.54, 1.807) is 18.3 Å². The van der Waals surface area contributed by atoms with Gasteiger partial charge in [-0.2, -0.15) is 0 Å². The average Bonchev–Trinajstić information content (AvgIpc) is 3.10. The molecule has 0 spiro atoms. The zero-order valence-corrected chi connectivity index (χ0v) is 20.6. The van der Waals surface area contributed by atoms with Crippen molar-refractivity contribution in [3.63, 3.8) is 0 Å². The molecule has 0 N–H and O–H groups in total. The van der Waals surface area contributed by atoms with Crippen LogP contribution in [0, 0.1) is 0 Å². The molecule has 5 rings (SSSR count). The summed E-state index contributed by atoms with van der Waals surface area (Å²) in [7, 11) is 1.72. The monoisotopic (exact) mass is 473 g/mol. The minimum absolute atomic E-state index is 0.400. The lowest BCUT2D eigenvalue weighted by atomic mass is 9.83. The Balaban J connectivity index is 1.27. The van der Waals surface area contributed by atoms with Crippen LogP contribution in [-0.4, -0.2) is 35.9 Å². The molecule has 3 nitrogen and oxygen atoms in total. The number of carbonyl (C=O) groups is 1.